The number of hydrogen-bond acceptors (Lipinski definition) is 8. The Morgan fingerprint density at radius 3 is 2.14 bits per heavy atom. The van der Waals surface area contributed by atoms with Crippen LogP contribution >= 0.6 is 0 Å². The fourth-order valence-electron chi connectivity index (χ4n) is 2.98. The molecule has 1 N–H and O–H groups in total. The zero-order valence-corrected chi connectivity index (χ0v) is 13.5. The van der Waals surface area contributed by atoms with E-state index in [1.165, 1.54) is 0 Å². The molecule has 3 saturated heterocycles. The molecular weight excluding hydrogens is 320 g/mol. The Morgan fingerprint density at radius 1 is 0.955 bits per heavy atom. The summed E-state index contributed by atoms with van der Waals surface area (Å²) in [5.41, 5.74) is 0. The molecule has 0 amide bonds. The molecule has 3 heterocycles. The predicted molar refractivity (Wildman–Crippen MR) is 70.0 cm³/mol. The number of ether oxygens (including phenoxy) is 5. The van der Waals surface area contributed by atoms with Crippen LogP contribution in [0.2, 0.25) is 0 Å². The zero-order valence-electron chi connectivity index (χ0n) is 12.7. The van der Waals surface area contributed by atoms with E-state index in [4.69, 9.17) is 28.2 Å². The third-order valence-corrected chi connectivity index (χ3v) is 4.07. The molecule has 128 valence electrons. The van der Waals surface area contributed by atoms with Crippen LogP contribution in [0.5, 0.6) is 0 Å². The van der Waals surface area contributed by atoms with Gasteiger partial charge in [-0.15, -0.1) is 0 Å². The zero-order chi connectivity index (χ0) is 16.3. The van der Waals surface area contributed by atoms with Crippen LogP contribution in [0.3, 0.4) is 0 Å². The van der Waals surface area contributed by atoms with Gasteiger partial charge in [-0.1, -0.05) is 0 Å². The van der Waals surface area contributed by atoms with Gasteiger partial charge in [0.05, 0.1) is 6.61 Å². The molecule has 3 rings (SSSR count). The van der Waals surface area contributed by atoms with E-state index in [9.17, 15) is 8.42 Å². The maximum absolute atomic E-state index is 10.8. The third kappa shape index (κ3) is 3.29. The van der Waals surface area contributed by atoms with Crippen LogP contribution in [0.4, 0.5) is 0 Å². The average Bonchev–Trinajstić information content (AvgIpc) is 2.79. The first-order chi connectivity index (χ1) is 9.96. The Morgan fingerprint density at radius 2 is 1.50 bits per heavy atom. The van der Waals surface area contributed by atoms with Gasteiger partial charge in [0.15, 0.2) is 17.9 Å². The van der Waals surface area contributed by atoms with Crippen LogP contribution in [0.25, 0.3) is 0 Å². The standard InChI is InChI=1S/C12H20O9S/c1-11(2)18-7-6(5-16-22(13,14)15)17-10-9(8(7)19-11)20-12(3,4)21-10/h6-10H,5H2,1-4H3,(H,13,14,15)/t6?,7-,8-,9?,10+/m0/s1. The minimum absolute atomic E-state index is 0.410. The molecule has 3 aliphatic rings. The lowest BCUT2D eigenvalue weighted by Crippen LogP contribution is -2.56. The second kappa shape index (κ2) is 5.08. The van der Waals surface area contributed by atoms with Crippen molar-refractivity contribution in [1.29, 1.82) is 0 Å². The first-order valence-corrected chi connectivity index (χ1v) is 8.31. The fraction of sp³-hybridized carbons (Fsp3) is 1.00. The number of hydrogen-bond donors (Lipinski definition) is 1. The van der Waals surface area contributed by atoms with Crippen molar-refractivity contribution in [2.75, 3.05) is 6.61 Å². The molecule has 0 aromatic carbocycles. The lowest BCUT2D eigenvalue weighted by molar-refractivity contribution is -0.238. The Kier molecular flexibility index (Phi) is 3.82. The van der Waals surface area contributed by atoms with Crippen LogP contribution in [0.15, 0.2) is 0 Å². The van der Waals surface area contributed by atoms with Crippen LogP contribution < -0.4 is 0 Å². The minimum atomic E-state index is -4.57. The Balaban J connectivity index is 1.81. The van der Waals surface area contributed by atoms with Crippen molar-refractivity contribution in [2.24, 2.45) is 0 Å². The van der Waals surface area contributed by atoms with Gasteiger partial charge in [-0.2, -0.15) is 8.42 Å². The van der Waals surface area contributed by atoms with Crippen molar-refractivity contribution in [3.05, 3.63) is 0 Å². The van der Waals surface area contributed by atoms with Gasteiger partial charge in [0.1, 0.15) is 24.4 Å². The molecule has 0 aromatic heterocycles. The van der Waals surface area contributed by atoms with Crippen molar-refractivity contribution in [2.45, 2.75) is 70.0 Å². The minimum Gasteiger partial charge on any atom is -0.342 e. The first-order valence-electron chi connectivity index (χ1n) is 6.94. The topological polar surface area (TPSA) is 110 Å². The van der Waals surface area contributed by atoms with Crippen LogP contribution in [-0.2, 0) is 38.3 Å². The van der Waals surface area contributed by atoms with Gasteiger partial charge >= 0.3 is 10.4 Å². The highest BCUT2D eigenvalue weighted by atomic mass is 32.3. The molecule has 3 fully saturated rings. The molecule has 9 nitrogen and oxygen atoms in total. The van der Waals surface area contributed by atoms with Crippen molar-refractivity contribution in [1.82, 2.24) is 0 Å². The van der Waals surface area contributed by atoms with Crippen molar-refractivity contribution in [3.63, 3.8) is 0 Å². The Bertz CT molecular complexity index is 543. The van der Waals surface area contributed by atoms with E-state index >= 15 is 0 Å². The van der Waals surface area contributed by atoms with E-state index in [1.54, 1.807) is 27.7 Å². The largest absolute Gasteiger partial charge is 0.397 e. The summed E-state index contributed by atoms with van der Waals surface area (Å²) < 4.78 is 63.4. The normalized spacial score (nSPS) is 42.9. The highest BCUT2D eigenvalue weighted by molar-refractivity contribution is 7.80. The number of rotatable bonds is 3. The maximum atomic E-state index is 10.8. The first kappa shape index (κ1) is 16.5. The summed E-state index contributed by atoms with van der Waals surface area (Å²) in [5.74, 6) is -1.73. The summed E-state index contributed by atoms with van der Waals surface area (Å²) in [6.07, 6.45) is -3.11. The van der Waals surface area contributed by atoms with Gasteiger partial charge in [0, 0.05) is 0 Å². The van der Waals surface area contributed by atoms with Crippen molar-refractivity contribution >= 4 is 10.4 Å². The summed E-state index contributed by atoms with van der Waals surface area (Å²) in [6.45, 7) is 6.55. The van der Waals surface area contributed by atoms with Gasteiger partial charge in [-0.25, -0.2) is 4.18 Å². The highest BCUT2D eigenvalue weighted by Gasteiger charge is 2.60. The van der Waals surface area contributed by atoms with E-state index in [1.807, 2.05) is 0 Å². The highest BCUT2D eigenvalue weighted by Crippen LogP contribution is 2.44. The predicted octanol–water partition coefficient (Wildman–Crippen LogP) is 0.202. The summed E-state index contributed by atoms with van der Waals surface area (Å²) in [5, 5.41) is 0. The molecular formula is C12H20O9S. The summed E-state index contributed by atoms with van der Waals surface area (Å²) in [7, 11) is -4.57. The van der Waals surface area contributed by atoms with Crippen LogP contribution in [0, 0.1) is 0 Å². The molecule has 0 aliphatic carbocycles. The van der Waals surface area contributed by atoms with Crippen molar-refractivity contribution < 1.29 is 40.8 Å². The van der Waals surface area contributed by atoms with Gasteiger partial charge < -0.3 is 23.7 Å². The fourth-order valence-corrected chi connectivity index (χ4v) is 3.29. The van der Waals surface area contributed by atoms with Gasteiger partial charge in [-0.3, -0.25) is 4.55 Å². The molecule has 0 bridgehead atoms. The number of fused-ring (bicyclic) bond motifs is 3. The van der Waals surface area contributed by atoms with E-state index < -0.39 is 59.3 Å². The third-order valence-electron chi connectivity index (χ3n) is 3.63. The molecule has 0 aromatic rings. The van der Waals surface area contributed by atoms with Gasteiger partial charge in [0.25, 0.3) is 0 Å². The Labute approximate surface area is 128 Å². The quantitative estimate of drug-likeness (QED) is 0.720. The molecule has 2 unspecified atom stereocenters. The van der Waals surface area contributed by atoms with E-state index in [-0.39, 0.29) is 0 Å². The lowest BCUT2D eigenvalue weighted by atomic mass is 9.99. The van der Waals surface area contributed by atoms with Gasteiger partial charge in [0.2, 0.25) is 0 Å². The van der Waals surface area contributed by atoms with E-state index in [0.717, 1.165) is 0 Å². The summed E-state index contributed by atoms with van der Waals surface area (Å²) in [4.78, 5) is 0. The monoisotopic (exact) mass is 340 g/mol. The van der Waals surface area contributed by atoms with E-state index in [2.05, 4.69) is 4.18 Å². The lowest BCUT2D eigenvalue weighted by Gasteiger charge is -2.36. The van der Waals surface area contributed by atoms with Crippen LogP contribution in [0.1, 0.15) is 27.7 Å². The summed E-state index contributed by atoms with van der Waals surface area (Å²) in [6, 6.07) is 0. The second-order valence-corrected chi connectivity index (χ2v) is 7.51. The van der Waals surface area contributed by atoms with Crippen LogP contribution in [-0.4, -0.2) is 61.9 Å². The van der Waals surface area contributed by atoms with Crippen molar-refractivity contribution in [3.8, 4) is 0 Å². The van der Waals surface area contributed by atoms with Gasteiger partial charge in [-0.05, 0) is 27.7 Å². The SMILES string of the molecule is CC1(C)OC2[C@H](OC(COS(=O)(=O)O)[C@@H]3OC(C)(C)O[C@H]23)O1. The molecule has 0 saturated carbocycles. The molecule has 0 spiro atoms. The Hall–Kier alpha value is -0.330. The smallest absolute Gasteiger partial charge is 0.342 e. The van der Waals surface area contributed by atoms with E-state index in [0.29, 0.717) is 0 Å². The second-order valence-electron chi connectivity index (χ2n) is 6.42. The molecule has 10 heteroatoms. The molecule has 0 radical (unpaired) electrons. The average molecular weight is 340 g/mol. The maximum Gasteiger partial charge on any atom is 0.397 e. The molecule has 3 aliphatic heterocycles. The summed E-state index contributed by atoms with van der Waals surface area (Å²) >= 11 is 0. The molecule has 22 heavy (non-hydrogen) atoms. The molecule has 5 atom stereocenters.